The zero-order chi connectivity index (χ0) is 16.0. The number of hydrogen-bond acceptors (Lipinski definition) is 2. The molecule has 0 aliphatic heterocycles. The standard InChI is InChI=1S/C19H25N3O/c1-11(2)17(18-20-15-5-3-4-6-16(15)21-18)22-19(23)14-10-12-7-8-13(14)9-12/h3-6,11-14,17H,7-10H2,1-2H3,(H,20,21)(H,22,23). The van der Waals surface area contributed by atoms with Crippen LogP contribution < -0.4 is 5.32 Å². The van der Waals surface area contributed by atoms with Crippen LogP contribution in [0, 0.1) is 23.7 Å². The third-order valence-corrected chi connectivity index (χ3v) is 5.74. The van der Waals surface area contributed by atoms with E-state index in [0.29, 0.717) is 11.8 Å². The van der Waals surface area contributed by atoms with Gasteiger partial charge in [-0.15, -0.1) is 0 Å². The summed E-state index contributed by atoms with van der Waals surface area (Å²) in [5.41, 5.74) is 1.99. The van der Waals surface area contributed by atoms with E-state index in [1.807, 2.05) is 24.3 Å². The molecule has 0 saturated heterocycles. The molecule has 2 fully saturated rings. The normalized spacial score (nSPS) is 27.7. The van der Waals surface area contributed by atoms with Crippen LogP contribution in [0.25, 0.3) is 11.0 Å². The van der Waals surface area contributed by atoms with Gasteiger partial charge in [0, 0.05) is 5.92 Å². The van der Waals surface area contributed by atoms with Crippen LogP contribution in [0.1, 0.15) is 51.4 Å². The molecule has 4 nitrogen and oxygen atoms in total. The number of fused-ring (bicyclic) bond motifs is 3. The van der Waals surface area contributed by atoms with Gasteiger partial charge in [-0.05, 0) is 49.1 Å². The van der Waals surface area contributed by atoms with Crippen molar-refractivity contribution in [3.8, 4) is 0 Å². The predicted octanol–water partition coefficient (Wildman–Crippen LogP) is 3.81. The van der Waals surface area contributed by atoms with E-state index < -0.39 is 0 Å². The van der Waals surface area contributed by atoms with Gasteiger partial charge >= 0.3 is 0 Å². The molecule has 1 aromatic heterocycles. The van der Waals surface area contributed by atoms with E-state index >= 15 is 0 Å². The molecule has 1 aromatic carbocycles. The average molecular weight is 311 g/mol. The molecule has 2 aromatic rings. The van der Waals surface area contributed by atoms with Crippen LogP contribution in [0.2, 0.25) is 0 Å². The van der Waals surface area contributed by atoms with E-state index in [0.717, 1.165) is 29.2 Å². The Bertz CT molecular complexity index is 687. The Morgan fingerprint density at radius 3 is 2.74 bits per heavy atom. The zero-order valence-electron chi connectivity index (χ0n) is 13.9. The second kappa shape index (κ2) is 5.66. The fourth-order valence-corrected chi connectivity index (χ4v) is 4.50. The molecule has 0 spiro atoms. The van der Waals surface area contributed by atoms with Crippen molar-refractivity contribution in [3.05, 3.63) is 30.1 Å². The minimum Gasteiger partial charge on any atom is -0.346 e. The second-order valence-corrected chi connectivity index (χ2v) is 7.65. The molecule has 4 heteroatoms. The molecule has 4 rings (SSSR count). The molecular weight excluding hydrogens is 286 g/mol. The number of imidazole rings is 1. The largest absolute Gasteiger partial charge is 0.346 e. The number of carbonyl (C=O) groups excluding carboxylic acids is 1. The van der Waals surface area contributed by atoms with Crippen LogP contribution in [-0.4, -0.2) is 15.9 Å². The molecule has 4 unspecified atom stereocenters. The number of aromatic nitrogens is 2. The Kier molecular flexibility index (Phi) is 3.63. The molecule has 2 N–H and O–H groups in total. The van der Waals surface area contributed by atoms with E-state index in [9.17, 15) is 4.79 Å². The van der Waals surface area contributed by atoms with Crippen molar-refractivity contribution in [1.29, 1.82) is 0 Å². The number of para-hydroxylation sites is 2. The van der Waals surface area contributed by atoms with E-state index in [4.69, 9.17) is 4.98 Å². The van der Waals surface area contributed by atoms with Crippen molar-refractivity contribution in [2.75, 3.05) is 0 Å². The fourth-order valence-electron chi connectivity index (χ4n) is 4.50. The molecule has 1 heterocycles. The molecule has 23 heavy (non-hydrogen) atoms. The summed E-state index contributed by atoms with van der Waals surface area (Å²) < 4.78 is 0. The first kappa shape index (κ1) is 14.7. The van der Waals surface area contributed by atoms with E-state index in [-0.39, 0.29) is 17.9 Å². The molecule has 122 valence electrons. The number of aromatic amines is 1. The van der Waals surface area contributed by atoms with Gasteiger partial charge < -0.3 is 10.3 Å². The van der Waals surface area contributed by atoms with Crippen molar-refractivity contribution in [2.45, 2.75) is 45.6 Å². The van der Waals surface area contributed by atoms with Crippen LogP contribution >= 0.6 is 0 Å². The molecule has 1 amide bonds. The lowest BCUT2D eigenvalue weighted by Crippen LogP contribution is -2.38. The van der Waals surface area contributed by atoms with Gasteiger partial charge in [-0.2, -0.15) is 0 Å². The molecule has 4 atom stereocenters. The first-order valence-corrected chi connectivity index (χ1v) is 8.87. The predicted molar refractivity (Wildman–Crippen MR) is 90.8 cm³/mol. The highest BCUT2D eigenvalue weighted by Gasteiger charge is 2.43. The Morgan fingerprint density at radius 2 is 2.09 bits per heavy atom. The topological polar surface area (TPSA) is 57.8 Å². The smallest absolute Gasteiger partial charge is 0.223 e. The molecule has 2 bridgehead atoms. The zero-order valence-corrected chi connectivity index (χ0v) is 13.9. The van der Waals surface area contributed by atoms with Crippen molar-refractivity contribution < 1.29 is 4.79 Å². The third-order valence-electron chi connectivity index (χ3n) is 5.74. The molecular formula is C19H25N3O. The lowest BCUT2D eigenvalue weighted by molar-refractivity contribution is -0.127. The summed E-state index contributed by atoms with van der Waals surface area (Å²) in [6, 6.07) is 7.98. The van der Waals surface area contributed by atoms with Crippen molar-refractivity contribution >= 4 is 16.9 Å². The van der Waals surface area contributed by atoms with Gasteiger partial charge in [-0.1, -0.05) is 32.4 Å². The van der Waals surface area contributed by atoms with Crippen LogP contribution in [0.15, 0.2) is 24.3 Å². The number of H-pyrrole nitrogens is 1. The SMILES string of the molecule is CC(C)C(NC(=O)C1CC2CCC1C2)c1nc2ccccc2[nH]1. The molecule has 2 aliphatic rings. The van der Waals surface area contributed by atoms with E-state index in [1.165, 1.54) is 19.3 Å². The van der Waals surface area contributed by atoms with Crippen LogP contribution in [0.4, 0.5) is 0 Å². The minimum absolute atomic E-state index is 0.0472. The van der Waals surface area contributed by atoms with Gasteiger partial charge in [0.2, 0.25) is 5.91 Å². The summed E-state index contributed by atoms with van der Waals surface area (Å²) in [5, 5.41) is 3.29. The highest BCUT2D eigenvalue weighted by Crippen LogP contribution is 2.48. The quantitative estimate of drug-likeness (QED) is 0.902. The van der Waals surface area contributed by atoms with Gasteiger partial charge in [0.15, 0.2) is 0 Å². The van der Waals surface area contributed by atoms with Gasteiger partial charge in [0.25, 0.3) is 0 Å². The van der Waals surface area contributed by atoms with Crippen molar-refractivity contribution in [1.82, 2.24) is 15.3 Å². The van der Waals surface area contributed by atoms with Crippen molar-refractivity contribution in [2.24, 2.45) is 23.7 Å². The lowest BCUT2D eigenvalue weighted by Gasteiger charge is -2.26. The summed E-state index contributed by atoms with van der Waals surface area (Å²) in [6.45, 7) is 4.28. The van der Waals surface area contributed by atoms with Gasteiger partial charge in [-0.25, -0.2) is 4.98 Å². The maximum atomic E-state index is 12.8. The first-order valence-electron chi connectivity index (χ1n) is 8.87. The first-order chi connectivity index (χ1) is 11.1. The van der Waals surface area contributed by atoms with Crippen molar-refractivity contribution in [3.63, 3.8) is 0 Å². The number of benzene rings is 1. The van der Waals surface area contributed by atoms with Gasteiger partial charge in [0.05, 0.1) is 17.1 Å². The highest BCUT2D eigenvalue weighted by atomic mass is 16.2. The summed E-state index contributed by atoms with van der Waals surface area (Å²) in [4.78, 5) is 20.9. The number of hydrogen-bond donors (Lipinski definition) is 2. The summed E-state index contributed by atoms with van der Waals surface area (Å²) in [7, 11) is 0. The Labute approximate surface area is 137 Å². The Hall–Kier alpha value is -1.84. The van der Waals surface area contributed by atoms with E-state index in [2.05, 4.69) is 24.1 Å². The third kappa shape index (κ3) is 2.64. The molecule has 0 radical (unpaired) electrons. The minimum atomic E-state index is -0.0472. The van der Waals surface area contributed by atoms with Crippen LogP contribution in [0.3, 0.4) is 0 Å². The Morgan fingerprint density at radius 1 is 1.26 bits per heavy atom. The lowest BCUT2D eigenvalue weighted by atomic mass is 9.87. The number of nitrogens with one attached hydrogen (secondary N) is 2. The number of carbonyl (C=O) groups is 1. The number of rotatable bonds is 4. The maximum absolute atomic E-state index is 12.8. The van der Waals surface area contributed by atoms with Gasteiger partial charge in [0.1, 0.15) is 5.82 Å². The summed E-state index contributed by atoms with van der Waals surface area (Å²) in [6.07, 6.45) is 4.90. The second-order valence-electron chi connectivity index (χ2n) is 7.65. The fraction of sp³-hybridized carbons (Fsp3) is 0.579. The summed E-state index contributed by atoms with van der Waals surface area (Å²) >= 11 is 0. The average Bonchev–Trinajstić information content (AvgIpc) is 3.25. The maximum Gasteiger partial charge on any atom is 0.223 e. The highest BCUT2D eigenvalue weighted by molar-refractivity contribution is 5.80. The molecule has 2 saturated carbocycles. The van der Waals surface area contributed by atoms with E-state index in [1.54, 1.807) is 0 Å². The molecule has 2 aliphatic carbocycles. The Balaban J connectivity index is 1.54. The number of nitrogens with zero attached hydrogens (tertiary/aromatic N) is 1. The van der Waals surface area contributed by atoms with Crippen LogP contribution in [0.5, 0.6) is 0 Å². The monoisotopic (exact) mass is 311 g/mol. The summed E-state index contributed by atoms with van der Waals surface area (Å²) in [5.74, 6) is 3.04. The van der Waals surface area contributed by atoms with Gasteiger partial charge in [-0.3, -0.25) is 4.79 Å². The number of amides is 1. The van der Waals surface area contributed by atoms with Crippen LogP contribution in [-0.2, 0) is 4.79 Å².